The summed E-state index contributed by atoms with van der Waals surface area (Å²) in [6, 6.07) is 12.6. The molecule has 98 valence electrons. The summed E-state index contributed by atoms with van der Waals surface area (Å²) in [5, 5.41) is 2.79. The predicted octanol–water partition coefficient (Wildman–Crippen LogP) is 1.66. The van der Waals surface area contributed by atoms with Crippen LogP contribution >= 0.6 is 0 Å². The number of hydrogen-bond donors (Lipinski definition) is 2. The van der Waals surface area contributed by atoms with E-state index < -0.39 is 0 Å². The maximum Gasteiger partial charge on any atom is 0.267 e. The van der Waals surface area contributed by atoms with E-state index in [0.717, 1.165) is 6.42 Å². The Morgan fingerprint density at radius 1 is 1.16 bits per heavy atom. The zero-order valence-corrected chi connectivity index (χ0v) is 10.8. The second kappa shape index (κ2) is 6.00. The molecule has 1 heterocycles. The first kappa shape index (κ1) is 13.1. The molecule has 0 aliphatic rings. The van der Waals surface area contributed by atoms with Gasteiger partial charge in [-0.2, -0.15) is 0 Å². The van der Waals surface area contributed by atoms with E-state index in [1.807, 2.05) is 31.2 Å². The number of amides is 1. The molecular formula is C15H16N2O2. The second-order valence-corrected chi connectivity index (χ2v) is 4.36. The van der Waals surface area contributed by atoms with E-state index >= 15 is 0 Å². The summed E-state index contributed by atoms with van der Waals surface area (Å²) in [7, 11) is 0. The summed E-state index contributed by atoms with van der Waals surface area (Å²) in [4.78, 5) is 25.4. The van der Waals surface area contributed by atoms with Crippen LogP contribution in [0.3, 0.4) is 0 Å². The van der Waals surface area contributed by atoms with Crippen LogP contribution in [0.1, 0.15) is 21.6 Å². The number of nitrogens with one attached hydrogen (secondary N) is 2. The van der Waals surface area contributed by atoms with Gasteiger partial charge in [0.15, 0.2) is 0 Å². The molecule has 2 rings (SSSR count). The zero-order valence-electron chi connectivity index (χ0n) is 10.8. The van der Waals surface area contributed by atoms with Gasteiger partial charge in [-0.25, -0.2) is 0 Å². The van der Waals surface area contributed by atoms with Crippen LogP contribution in [-0.2, 0) is 6.42 Å². The van der Waals surface area contributed by atoms with Crippen LogP contribution < -0.4 is 10.9 Å². The van der Waals surface area contributed by atoms with Crippen molar-refractivity contribution in [3.05, 3.63) is 69.6 Å². The predicted molar refractivity (Wildman–Crippen MR) is 74.3 cm³/mol. The summed E-state index contributed by atoms with van der Waals surface area (Å²) in [5.41, 5.74) is 2.44. The van der Waals surface area contributed by atoms with Gasteiger partial charge in [-0.1, -0.05) is 30.3 Å². The molecule has 0 spiro atoms. The van der Waals surface area contributed by atoms with E-state index in [4.69, 9.17) is 0 Å². The van der Waals surface area contributed by atoms with Crippen molar-refractivity contribution >= 4 is 5.91 Å². The number of aromatic amines is 1. The number of hydrogen-bond acceptors (Lipinski definition) is 2. The van der Waals surface area contributed by atoms with Crippen LogP contribution in [0.25, 0.3) is 0 Å². The summed E-state index contributed by atoms with van der Waals surface area (Å²) >= 11 is 0. The normalized spacial score (nSPS) is 10.2. The highest BCUT2D eigenvalue weighted by Crippen LogP contribution is 2.06. The third-order valence-electron chi connectivity index (χ3n) is 2.95. The van der Waals surface area contributed by atoms with Gasteiger partial charge in [0.2, 0.25) is 5.56 Å². The lowest BCUT2D eigenvalue weighted by Gasteiger charge is -2.07. The van der Waals surface area contributed by atoms with Gasteiger partial charge in [-0.05, 0) is 30.5 Å². The van der Waals surface area contributed by atoms with Gasteiger partial charge in [0.1, 0.15) is 5.69 Å². The van der Waals surface area contributed by atoms with Crippen molar-refractivity contribution in [1.82, 2.24) is 10.3 Å². The third-order valence-corrected chi connectivity index (χ3v) is 2.95. The van der Waals surface area contributed by atoms with Gasteiger partial charge >= 0.3 is 0 Å². The van der Waals surface area contributed by atoms with Crippen molar-refractivity contribution in [3.63, 3.8) is 0 Å². The van der Waals surface area contributed by atoms with E-state index in [2.05, 4.69) is 10.3 Å². The third kappa shape index (κ3) is 3.55. The fraction of sp³-hybridized carbons (Fsp3) is 0.200. The molecule has 0 unspecified atom stereocenters. The van der Waals surface area contributed by atoms with E-state index in [-0.39, 0.29) is 17.2 Å². The molecule has 1 aromatic carbocycles. The molecule has 0 bridgehead atoms. The fourth-order valence-corrected chi connectivity index (χ4v) is 1.88. The molecule has 19 heavy (non-hydrogen) atoms. The van der Waals surface area contributed by atoms with Crippen molar-refractivity contribution < 1.29 is 4.79 Å². The van der Waals surface area contributed by atoms with Gasteiger partial charge in [-0.3, -0.25) is 9.59 Å². The number of pyridine rings is 1. The number of rotatable bonds is 4. The monoisotopic (exact) mass is 256 g/mol. The number of aromatic nitrogens is 1. The SMILES string of the molecule is Cc1ccccc1CCNC(=O)c1cccc(=O)[nH]1. The lowest BCUT2D eigenvalue weighted by molar-refractivity contribution is 0.0949. The molecule has 1 amide bonds. The maximum absolute atomic E-state index is 11.8. The molecule has 0 aliphatic carbocycles. The summed E-state index contributed by atoms with van der Waals surface area (Å²) in [6.45, 7) is 2.59. The fourth-order valence-electron chi connectivity index (χ4n) is 1.88. The van der Waals surface area contributed by atoms with Crippen LogP contribution in [0.2, 0.25) is 0 Å². The molecule has 0 saturated carbocycles. The number of H-pyrrole nitrogens is 1. The maximum atomic E-state index is 11.8. The highest BCUT2D eigenvalue weighted by Gasteiger charge is 2.05. The zero-order chi connectivity index (χ0) is 13.7. The molecule has 0 saturated heterocycles. The van der Waals surface area contributed by atoms with E-state index in [1.165, 1.54) is 17.2 Å². The quantitative estimate of drug-likeness (QED) is 0.873. The van der Waals surface area contributed by atoms with E-state index in [0.29, 0.717) is 6.54 Å². The Hall–Kier alpha value is -2.36. The highest BCUT2D eigenvalue weighted by molar-refractivity contribution is 5.92. The van der Waals surface area contributed by atoms with Crippen LogP contribution in [0.15, 0.2) is 47.3 Å². The first-order valence-corrected chi connectivity index (χ1v) is 6.19. The van der Waals surface area contributed by atoms with Crippen molar-refractivity contribution in [2.45, 2.75) is 13.3 Å². The molecule has 2 N–H and O–H groups in total. The van der Waals surface area contributed by atoms with Crippen LogP contribution in [0.5, 0.6) is 0 Å². The van der Waals surface area contributed by atoms with Crippen molar-refractivity contribution in [3.8, 4) is 0 Å². The lowest BCUT2D eigenvalue weighted by Crippen LogP contribution is -2.28. The Balaban J connectivity index is 1.91. The molecule has 2 aromatic rings. The van der Waals surface area contributed by atoms with Crippen LogP contribution in [-0.4, -0.2) is 17.4 Å². The van der Waals surface area contributed by atoms with E-state index in [1.54, 1.807) is 12.1 Å². The van der Waals surface area contributed by atoms with E-state index in [9.17, 15) is 9.59 Å². The smallest absolute Gasteiger partial charge is 0.267 e. The summed E-state index contributed by atoms with van der Waals surface area (Å²) in [5.74, 6) is -0.258. The number of benzene rings is 1. The first-order valence-electron chi connectivity index (χ1n) is 6.19. The Morgan fingerprint density at radius 2 is 1.95 bits per heavy atom. The minimum absolute atomic E-state index is 0.258. The lowest BCUT2D eigenvalue weighted by atomic mass is 10.1. The second-order valence-electron chi connectivity index (χ2n) is 4.36. The average Bonchev–Trinajstić information content (AvgIpc) is 2.41. The standard InChI is InChI=1S/C15H16N2O2/c1-11-5-2-3-6-12(11)9-10-16-15(19)13-7-4-8-14(18)17-13/h2-8H,9-10H2,1H3,(H,16,19)(H,17,18). The molecule has 0 radical (unpaired) electrons. The summed E-state index contributed by atoms with van der Waals surface area (Å²) < 4.78 is 0. The summed E-state index contributed by atoms with van der Waals surface area (Å²) in [6.07, 6.45) is 0.773. The average molecular weight is 256 g/mol. The first-order chi connectivity index (χ1) is 9.16. The van der Waals surface area contributed by atoms with Crippen molar-refractivity contribution in [2.75, 3.05) is 6.54 Å². The van der Waals surface area contributed by atoms with Gasteiger partial charge < -0.3 is 10.3 Å². The number of aryl methyl sites for hydroxylation is 1. The largest absolute Gasteiger partial charge is 0.350 e. The van der Waals surface area contributed by atoms with Crippen LogP contribution in [0.4, 0.5) is 0 Å². The minimum atomic E-state index is -0.272. The van der Waals surface area contributed by atoms with Crippen molar-refractivity contribution in [1.29, 1.82) is 0 Å². The molecular weight excluding hydrogens is 240 g/mol. The van der Waals surface area contributed by atoms with Gasteiger partial charge in [0.25, 0.3) is 5.91 Å². The molecule has 4 nitrogen and oxygen atoms in total. The Labute approximate surface area is 111 Å². The number of carbonyl (C=O) groups excluding carboxylic acids is 1. The Morgan fingerprint density at radius 3 is 2.68 bits per heavy atom. The van der Waals surface area contributed by atoms with Crippen molar-refractivity contribution in [2.24, 2.45) is 0 Å². The van der Waals surface area contributed by atoms with Gasteiger partial charge in [0.05, 0.1) is 0 Å². The molecule has 0 atom stereocenters. The topological polar surface area (TPSA) is 62.0 Å². The van der Waals surface area contributed by atoms with Crippen LogP contribution in [0, 0.1) is 6.92 Å². The Kier molecular flexibility index (Phi) is 4.13. The molecule has 4 heteroatoms. The van der Waals surface area contributed by atoms with Gasteiger partial charge in [0, 0.05) is 12.6 Å². The Bertz CT molecular complexity index is 632. The molecule has 0 fully saturated rings. The molecule has 0 aliphatic heterocycles. The number of carbonyl (C=O) groups is 1. The highest BCUT2D eigenvalue weighted by atomic mass is 16.2. The van der Waals surface area contributed by atoms with Gasteiger partial charge in [-0.15, -0.1) is 0 Å². The minimum Gasteiger partial charge on any atom is -0.350 e. The molecule has 1 aromatic heterocycles.